The molecule has 0 aliphatic heterocycles. The first-order valence-electron chi connectivity index (χ1n) is 5.65. The quantitative estimate of drug-likeness (QED) is 0.465. The first-order valence-corrected chi connectivity index (χ1v) is 8.09. The molecule has 4 heteroatoms. The monoisotopic (exact) mass is 266 g/mol. The fraction of sp³-hybridized carbons (Fsp3) is 0.286. The number of benzene rings is 1. The van der Waals surface area contributed by atoms with Crippen molar-refractivity contribution in [2.24, 2.45) is 0 Å². The summed E-state index contributed by atoms with van der Waals surface area (Å²) >= 11 is 0. The molecule has 0 saturated carbocycles. The summed E-state index contributed by atoms with van der Waals surface area (Å²) in [6.45, 7) is 2.07. The molecule has 1 rings (SSSR count). The minimum Gasteiger partial charge on any atom is -0.614 e. The van der Waals surface area contributed by atoms with Gasteiger partial charge in [0, 0.05) is 5.57 Å². The van der Waals surface area contributed by atoms with Crippen molar-refractivity contribution >= 4 is 15.5 Å². The maximum atomic E-state index is 11.9. The molecule has 18 heavy (non-hydrogen) atoms. The molecule has 0 saturated heterocycles. The molecule has 1 aromatic rings. The summed E-state index contributed by atoms with van der Waals surface area (Å²) in [4.78, 5) is 0. The number of hydrogen-bond acceptors (Lipinski definition) is 3. The molecule has 0 heterocycles. The average molecular weight is 266 g/mol. The van der Waals surface area contributed by atoms with Gasteiger partial charge in [0.25, 0.3) is 0 Å². The summed E-state index contributed by atoms with van der Waals surface area (Å²) in [6, 6.07) is 9.37. The van der Waals surface area contributed by atoms with Crippen molar-refractivity contribution < 1.29 is 14.1 Å². The number of hydrogen-bond donors (Lipinski definition) is 0. The lowest BCUT2D eigenvalue weighted by atomic mass is 10.1. The van der Waals surface area contributed by atoms with Gasteiger partial charge in [-0.1, -0.05) is 37.3 Å². The number of allylic oxidation sites excluding steroid dienone is 2. The summed E-state index contributed by atoms with van der Waals surface area (Å²) in [7, 11) is -2.08. The highest BCUT2D eigenvalue weighted by Gasteiger charge is 2.11. The lowest BCUT2D eigenvalue weighted by Gasteiger charge is -2.13. The molecular weight excluding hydrogens is 248 g/mol. The van der Waals surface area contributed by atoms with E-state index >= 15 is 0 Å². The Labute approximate surface area is 109 Å². The van der Waals surface area contributed by atoms with E-state index in [1.165, 1.54) is 6.08 Å². The summed E-state index contributed by atoms with van der Waals surface area (Å²) in [5.41, 5.74) is 1.48. The summed E-state index contributed by atoms with van der Waals surface area (Å²) in [5.74, 6) is -0.420. The molecule has 0 spiro atoms. The van der Waals surface area contributed by atoms with Gasteiger partial charge in [-0.25, -0.2) is 0 Å². The van der Waals surface area contributed by atoms with Gasteiger partial charge in [-0.2, -0.15) is 0 Å². The summed E-state index contributed by atoms with van der Waals surface area (Å²) in [6.07, 6.45) is 4.65. The van der Waals surface area contributed by atoms with Gasteiger partial charge in [0.15, 0.2) is 0 Å². The molecule has 1 aromatic carbocycles. The summed E-state index contributed by atoms with van der Waals surface area (Å²) < 4.78 is 16.7. The lowest BCUT2D eigenvalue weighted by molar-refractivity contribution is -0.356. The van der Waals surface area contributed by atoms with Gasteiger partial charge in [-0.05, 0) is 18.2 Å². The van der Waals surface area contributed by atoms with Crippen molar-refractivity contribution in [2.75, 3.05) is 19.1 Å². The van der Waals surface area contributed by atoms with Crippen molar-refractivity contribution in [1.29, 1.82) is 0 Å². The molecule has 0 bridgehead atoms. The number of rotatable bonds is 5. The van der Waals surface area contributed by atoms with Crippen molar-refractivity contribution in [1.82, 2.24) is 0 Å². The van der Waals surface area contributed by atoms with E-state index < -0.39 is 15.9 Å². The fourth-order valence-electron chi connectivity index (χ4n) is 1.43. The zero-order valence-electron chi connectivity index (χ0n) is 10.9. The van der Waals surface area contributed by atoms with Crippen LogP contribution < -0.4 is 5.11 Å². The third-order valence-electron chi connectivity index (χ3n) is 2.08. The van der Waals surface area contributed by atoms with Crippen LogP contribution in [0, 0.1) is 0 Å². The molecule has 0 aromatic heterocycles. The first kappa shape index (κ1) is 14.5. The molecule has 0 aliphatic rings. The van der Waals surface area contributed by atoms with Crippen LogP contribution in [0.5, 0.6) is 0 Å². The van der Waals surface area contributed by atoms with Crippen LogP contribution in [0.15, 0.2) is 47.8 Å². The van der Waals surface area contributed by atoms with E-state index in [4.69, 9.17) is 4.74 Å². The van der Waals surface area contributed by atoms with Gasteiger partial charge in [-0.15, -0.1) is 4.21 Å². The third-order valence-corrected chi connectivity index (χ3v) is 2.90. The molecule has 0 aliphatic carbocycles. The molecule has 0 radical (unpaired) electrons. The highest BCUT2D eigenvalue weighted by Crippen LogP contribution is 2.19. The van der Waals surface area contributed by atoms with Crippen molar-refractivity contribution in [3.05, 3.63) is 53.3 Å². The van der Waals surface area contributed by atoms with E-state index in [1.807, 2.05) is 30.3 Å². The van der Waals surface area contributed by atoms with E-state index in [0.717, 1.165) is 5.56 Å². The van der Waals surface area contributed by atoms with Gasteiger partial charge in [0.2, 0.25) is 0 Å². The second-order valence-corrected chi connectivity index (χ2v) is 7.00. The minimum atomic E-state index is -2.08. The fourth-order valence-corrected chi connectivity index (χ4v) is 2.25. The maximum absolute atomic E-state index is 11.9. The third kappa shape index (κ3) is 5.19. The molecule has 0 atom stereocenters. The van der Waals surface area contributed by atoms with Crippen molar-refractivity contribution in [2.45, 2.75) is 6.92 Å². The van der Waals surface area contributed by atoms with Crippen LogP contribution in [-0.4, -0.2) is 19.1 Å². The van der Waals surface area contributed by atoms with E-state index in [2.05, 4.69) is 0 Å². The van der Waals surface area contributed by atoms with Gasteiger partial charge < -0.3 is 9.84 Å². The smallest absolute Gasteiger partial charge is 0.129 e. The van der Waals surface area contributed by atoms with Gasteiger partial charge in [0.1, 0.15) is 27.9 Å². The largest absolute Gasteiger partial charge is 0.614 e. The second kappa shape index (κ2) is 6.40. The van der Waals surface area contributed by atoms with Crippen LogP contribution in [0.25, 0.3) is 5.57 Å². The highest BCUT2D eigenvalue weighted by molar-refractivity contribution is 8.04. The Morgan fingerprint density at radius 1 is 1.33 bits per heavy atom. The van der Waals surface area contributed by atoms with Crippen LogP contribution in [0.1, 0.15) is 12.5 Å². The topological polar surface area (TPSA) is 49.4 Å². The zero-order valence-corrected chi connectivity index (χ0v) is 11.7. The van der Waals surface area contributed by atoms with Crippen LogP contribution >= 0.6 is 0 Å². The Morgan fingerprint density at radius 2 is 1.94 bits per heavy atom. The second-order valence-electron chi connectivity index (χ2n) is 4.14. The molecule has 0 N–H and O–H groups in total. The standard InChI is InChI=1S/C14H18O3S/c1-4-17-14(15)10-13(11-18(2,3)16)12-8-6-5-7-9-12/h5-11H,4H2,1-3H3. The Balaban J connectivity index is 3.17. The molecule has 0 amide bonds. The molecular formula is C14H18O3S. The Bertz CT molecular complexity index is 483. The summed E-state index contributed by atoms with van der Waals surface area (Å²) in [5, 5.41) is 13.1. The van der Waals surface area contributed by atoms with E-state index in [1.54, 1.807) is 24.8 Å². The normalized spacial score (nSPS) is 13.5. The molecule has 0 fully saturated rings. The van der Waals surface area contributed by atoms with E-state index in [-0.39, 0.29) is 0 Å². The SMILES string of the molecule is CCO/C([O-])=C/C(=C\[S+](C)(C)=O)c1ccccc1. The minimum absolute atomic E-state index is 0.324. The first-order chi connectivity index (χ1) is 8.42. The average Bonchev–Trinajstić information content (AvgIpc) is 2.28. The highest BCUT2D eigenvalue weighted by atomic mass is 32.2. The maximum Gasteiger partial charge on any atom is 0.129 e. The van der Waals surface area contributed by atoms with Gasteiger partial charge in [-0.3, -0.25) is 0 Å². The van der Waals surface area contributed by atoms with Crippen LogP contribution in [0.2, 0.25) is 0 Å². The number of ether oxygens (including phenoxy) is 1. The van der Waals surface area contributed by atoms with Crippen LogP contribution in [0.4, 0.5) is 0 Å². The Hall–Kier alpha value is -1.55. The predicted molar refractivity (Wildman–Crippen MR) is 74.0 cm³/mol. The van der Waals surface area contributed by atoms with E-state index in [9.17, 15) is 9.32 Å². The van der Waals surface area contributed by atoms with Gasteiger partial charge in [0.05, 0.1) is 5.95 Å². The predicted octanol–water partition coefficient (Wildman–Crippen LogP) is 2.02. The Morgan fingerprint density at radius 3 is 2.44 bits per heavy atom. The molecule has 0 unspecified atom stereocenters. The molecule has 98 valence electrons. The zero-order chi connectivity index (χ0) is 13.6. The van der Waals surface area contributed by atoms with Gasteiger partial charge >= 0.3 is 0 Å². The van der Waals surface area contributed by atoms with Crippen molar-refractivity contribution in [3.8, 4) is 0 Å². The Kier molecular flexibility index (Phi) is 5.16. The van der Waals surface area contributed by atoms with Crippen LogP contribution in [-0.2, 0) is 18.9 Å². The lowest BCUT2D eigenvalue weighted by Crippen LogP contribution is -2.08. The van der Waals surface area contributed by atoms with E-state index in [0.29, 0.717) is 12.2 Å². The van der Waals surface area contributed by atoms with Crippen LogP contribution in [0.3, 0.4) is 0 Å². The van der Waals surface area contributed by atoms with Crippen molar-refractivity contribution in [3.63, 3.8) is 0 Å². The molecule has 3 nitrogen and oxygen atoms in total.